The lowest BCUT2D eigenvalue weighted by Gasteiger charge is -2.40. The second-order valence-electron chi connectivity index (χ2n) is 6.60. The smallest absolute Gasteiger partial charge is 0.267 e. The minimum atomic E-state index is 0.00431. The molecule has 3 heterocycles. The Balaban J connectivity index is 1.45. The first-order chi connectivity index (χ1) is 11.7. The van der Waals surface area contributed by atoms with Crippen LogP contribution in [0.5, 0.6) is 0 Å². The van der Waals surface area contributed by atoms with Gasteiger partial charge in [0, 0.05) is 31.3 Å². The first-order valence-corrected chi connectivity index (χ1v) is 8.44. The number of aromatic nitrogens is 3. The van der Waals surface area contributed by atoms with Crippen LogP contribution in [0.15, 0.2) is 29.2 Å². The topological polar surface area (TPSA) is 74.8 Å². The number of nitriles is 1. The summed E-state index contributed by atoms with van der Waals surface area (Å²) in [6, 6.07) is 7.51. The van der Waals surface area contributed by atoms with Crippen molar-refractivity contribution < 1.29 is 0 Å². The van der Waals surface area contributed by atoms with E-state index in [9.17, 15) is 4.79 Å². The van der Waals surface area contributed by atoms with Crippen LogP contribution in [0.4, 0.5) is 5.82 Å². The normalized spacial score (nSPS) is 17.0. The third kappa shape index (κ3) is 2.67. The summed E-state index contributed by atoms with van der Waals surface area (Å²) in [6.45, 7) is 2.24. The third-order valence-electron chi connectivity index (χ3n) is 4.87. The van der Waals surface area contributed by atoms with Crippen LogP contribution >= 0.6 is 0 Å². The van der Waals surface area contributed by atoms with E-state index in [2.05, 4.69) is 21.1 Å². The number of aryl methyl sites for hydroxylation is 2. The molecule has 0 bridgehead atoms. The predicted octanol–water partition coefficient (Wildman–Crippen LogP) is 1.53. The molecule has 4 rings (SSSR count). The van der Waals surface area contributed by atoms with Crippen LogP contribution < -0.4 is 10.5 Å². The van der Waals surface area contributed by atoms with Gasteiger partial charge in [-0.1, -0.05) is 0 Å². The zero-order valence-corrected chi connectivity index (χ0v) is 13.5. The van der Waals surface area contributed by atoms with Crippen LogP contribution in [0.1, 0.15) is 29.7 Å². The quantitative estimate of drug-likeness (QED) is 0.857. The molecule has 1 aliphatic carbocycles. The molecule has 6 heteroatoms. The van der Waals surface area contributed by atoms with E-state index in [1.165, 1.54) is 0 Å². The van der Waals surface area contributed by atoms with Gasteiger partial charge in [0.15, 0.2) is 0 Å². The highest BCUT2D eigenvalue weighted by molar-refractivity contribution is 5.55. The lowest BCUT2D eigenvalue weighted by atomic mass is 9.96. The summed E-state index contributed by atoms with van der Waals surface area (Å²) in [7, 11) is 0. The molecule has 24 heavy (non-hydrogen) atoms. The maximum absolute atomic E-state index is 12.3. The van der Waals surface area contributed by atoms with Gasteiger partial charge in [-0.25, -0.2) is 9.67 Å². The molecule has 0 saturated carbocycles. The second kappa shape index (κ2) is 6.08. The maximum atomic E-state index is 12.3. The summed E-state index contributed by atoms with van der Waals surface area (Å²) < 4.78 is 1.62. The molecule has 0 spiro atoms. The standard InChI is InChI=1S/C18H19N5O/c19-9-15-5-3-7-20-18(15)22-10-13(11-22)12-23-17(24)8-14-4-1-2-6-16(14)21-23/h3,5,7-8,13H,1-2,4,6,10-12H2. The van der Waals surface area contributed by atoms with E-state index in [0.717, 1.165) is 55.8 Å². The predicted molar refractivity (Wildman–Crippen MR) is 89.8 cm³/mol. The van der Waals surface area contributed by atoms with Crippen molar-refractivity contribution >= 4 is 5.82 Å². The van der Waals surface area contributed by atoms with Crippen LogP contribution in [0.25, 0.3) is 0 Å². The highest BCUT2D eigenvalue weighted by Gasteiger charge is 2.30. The molecule has 0 aromatic carbocycles. The largest absolute Gasteiger partial charge is 0.355 e. The van der Waals surface area contributed by atoms with Gasteiger partial charge in [0.2, 0.25) is 0 Å². The summed E-state index contributed by atoms with van der Waals surface area (Å²) in [5.74, 6) is 1.10. The summed E-state index contributed by atoms with van der Waals surface area (Å²) in [4.78, 5) is 18.6. The molecule has 1 aliphatic heterocycles. The van der Waals surface area contributed by atoms with Crippen molar-refractivity contribution in [1.29, 1.82) is 5.26 Å². The number of fused-ring (bicyclic) bond motifs is 1. The molecule has 0 radical (unpaired) electrons. The fourth-order valence-electron chi connectivity index (χ4n) is 3.57. The summed E-state index contributed by atoms with van der Waals surface area (Å²) in [5, 5.41) is 13.7. The van der Waals surface area contributed by atoms with Crippen LogP contribution in [-0.2, 0) is 19.4 Å². The van der Waals surface area contributed by atoms with Gasteiger partial charge >= 0.3 is 0 Å². The summed E-state index contributed by atoms with van der Waals surface area (Å²) in [5.41, 5.74) is 2.82. The Kier molecular flexibility index (Phi) is 3.77. The lowest BCUT2D eigenvalue weighted by Crippen LogP contribution is -2.50. The molecule has 0 atom stereocenters. The number of hydrogen-bond donors (Lipinski definition) is 0. The Morgan fingerprint density at radius 2 is 2.12 bits per heavy atom. The summed E-state index contributed by atoms with van der Waals surface area (Å²) in [6.07, 6.45) is 5.98. The second-order valence-corrected chi connectivity index (χ2v) is 6.60. The minimum Gasteiger partial charge on any atom is -0.355 e. The van der Waals surface area contributed by atoms with Crippen LogP contribution in [0.3, 0.4) is 0 Å². The fourth-order valence-corrected chi connectivity index (χ4v) is 3.57. The van der Waals surface area contributed by atoms with Gasteiger partial charge in [-0.15, -0.1) is 0 Å². The summed E-state index contributed by atoms with van der Waals surface area (Å²) >= 11 is 0. The van der Waals surface area contributed by atoms with Crippen molar-refractivity contribution in [3.63, 3.8) is 0 Å². The Bertz CT molecular complexity index is 860. The monoisotopic (exact) mass is 321 g/mol. The number of anilines is 1. The van der Waals surface area contributed by atoms with E-state index in [4.69, 9.17) is 5.26 Å². The third-order valence-corrected chi connectivity index (χ3v) is 4.87. The zero-order chi connectivity index (χ0) is 16.5. The zero-order valence-electron chi connectivity index (χ0n) is 13.5. The molecule has 1 fully saturated rings. The Morgan fingerprint density at radius 3 is 2.96 bits per heavy atom. The van der Waals surface area contributed by atoms with E-state index in [1.54, 1.807) is 29.1 Å². The van der Waals surface area contributed by atoms with Crippen LogP contribution in [0.2, 0.25) is 0 Å². The number of rotatable bonds is 3. The van der Waals surface area contributed by atoms with E-state index in [0.29, 0.717) is 18.0 Å². The Morgan fingerprint density at radius 1 is 1.29 bits per heavy atom. The number of hydrogen-bond acceptors (Lipinski definition) is 5. The van der Waals surface area contributed by atoms with Gasteiger partial charge in [-0.3, -0.25) is 4.79 Å². The molecule has 0 N–H and O–H groups in total. The Hall–Kier alpha value is -2.68. The van der Waals surface area contributed by atoms with E-state index in [-0.39, 0.29) is 5.56 Å². The van der Waals surface area contributed by atoms with Crippen molar-refractivity contribution in [3.8, 4) is 6.07 Å². The molecular formula is C18H19N5O. The van der Waals surface area contributed by atoms with Gasteiger partial charge in [-0.2, -0.15) is 10.4 Å². The van der Waals surface area contributed by atoms with Crippen molar-refractivity contribution in [1.82, 2.24) is 14.8 Å². The molecular weight excluding hydrogens is 302 g/mol. The molecule has 2 aliphatic rings. The van der Waals surface area contributed by atoms with Gasteiger partial charge in [0.1, 0.15) is 11.9 Å². The SMILES string of the molecule is N#Cc1cccnc1N1CC(Cn2nc3c(cc2=O)CCCC3)C1. The van der Waals surface area contributed by atoms with Crippen molar-refractivity contribution in [2.45, 2.75) is 32.2 Å². The molecule has 6 nitrogen and oxygen atoms in total. The van der Waals surface area contributed by atoms with Crippen LogP contribution in [0, 0.1) is 17.2 Å². The van der Waals surface area contributed by atoms with E-state index >= 15 is 0 Å². The molecule has 2 aromatic rings. The Labute approximate surface area is 140 Å². The fraction of sp³-hybridized carbons (Fsp3) is 0.444. The van der Waals surface area contributed by atoms with Gasteiger partial charge < -0.3 is 4.90 Å². The minimum absolute atomic E-state index is 0.00431. The van der Waals surface area contributed by atoms with Crippen molar-refractivity contribution in [2.75, 3.05) is 18.0 Å². The molecule has 0 amide bonds. The highest BCUT2D eigenvalue weighted by Crippen LogP contribution is 2.26. The lowest BCUT2D eigenvalue weighted by molar-refractivity contribution is 0.330. The van der Waals surface area contributed by atoms with E-state index < -0.39 is 0 Å². The van der Waals surface area contributed by atoms with Crippen molar-refractivity contribution in [3.05, 3.63) is 51.6 Å². The average molecular weight is 321 g/mol. The number of nitrogens with zero attached hydrogens (tertiary/aromatic N) is 5. The first kappa shape index (κ1) is 14.9. The number of pyridine rings is 1. The molecule has 0 unspecified atom stereocenters. The maximum Gasteiger partial charge on any atom is 0.267 e. The average Bonchev–Trinajstić information content (AvgIpc) is 2.58. The molecule has 122 valence electrons. The van der Waals surface area contributed by atoms with Gasteiger partial charge in [0.05, 0.1) is 17.8 Å². The van der Waals surface area contributed by atoms with Gasteiger partial charge in [0.25, 0.3) is 5.56 Å². The molecule has 1 saturated heterocycles. The van der Waals surface area contributed by atoms with Crippen LogP contribution in [-0.4, -0.2) is 27.9 Å². The molecule has 2 aromatic heterocycles. The first-order valence-electron chi connectivity index (χ1n) is 8.44. The van der Waals surface area contributed by atoms with E-state index in [1.807, 2.05) is 0 Å². The van der Waals surface area contributed by atoms with Gasteiger partial charge in [-0.05, 0) is 43.4 Å². The van der Waals surface area contributed by atoms with Crippen molar-refractivity contribution in [2.24, 2.45) is 5.92 Å². The highest BCUT2D eigenvalue weighted by atomic mass is 16.1.